The highest BCUT2D eigenvalue weighted by atomic mass is 16.2. The molecule has 29 heavy (non-hydrogen) atoms. The third-order valence-corrected chi connectivity index (χ3v) is 4.71. The van der Waals surface area contributed by atoms with Crippen molar-refractivity contribution in [3.8, 4) is 0 Å². The molecule has 2 aromatic carbocycles. The Hall–Kier alpha value is -4.07. The van der Waals surface area contributed by atoms with Crippen molar-refractivity contribution in [2.24, 2.45) is 0 Å². The van der Waals surface area contributed by atoms with Crippen molar-refractivity contribution in [1.82, 2.24) is 29.4 Å². The maximum atomic E-state index is 12.7. The molecular formula is C21H17N7O. The molecule has 0 aliphatic heterocycles. The first kappa shape index (κ1) is 17.1. The molecule has 0 saturated carbocycles. The lowest BCUT2D eigenvalue weighted by molar-refractivity contribution is 0.101. The van der Waals surface area contributed by atoms with Crippen LogP contribution < -0.4 is 5.32 Å². The van der Waals surface area contributed by atoms with Crippen LogP contribution in [0.3, 0.4) is 0 Å². The zero-order valence-electron chi connectivity index (χ0n) is 15.6. The molecule has 142 valence electrons. The minimum atomic E-state index is -0.318. The Bertz CT molecular complexity index is 1350. The fourth-order valence-corrected chi connectivity index (χ4v) is 3.39. The Morgan fingerprint density at radius 2 is 1.97 bits per heavy atom. The number of nitrogens with one attached hydrogen (secondary N) is 1. The summed E-state index contributed by atoms with van der Waals surface area (Å²) in [6.45, 7) is 2.42. The molecule has 3 aromatic heterocycles. The van der Waals surface area contributed by atoms with E-state index < -0.39 is 0 Å². The summed E-state index contributed by atoms with van der Waals surface area (Å²) in [5.41, 5.74) is 2.21. The molecule has 5 rings (SSSR count). The highest BCUT2D eigenvalue weighted by Gasteiger charge is 2.15. The lowest BCUT2D eigenvalue weighted by atomic mass is 10.0. The number of hydrogen-bond acceptors (Lipinski definition) is 5. The summed E-state index contributed by atoms with van der Waals surface area (Å²) in [7, 11) is 0. The standard InChI is InChI=1S/C21H17N7O/c1-14-11-18(28-21(24-14)22-13-23-28)20(29)25-19-9-10-27(26-19)12-16-7-4-6-15-5-2-3-8-17(15)16/h2-11,13H,12H2,1H3,(H,25,26,29). The van der Waals surface area contributed by atoms with Gasteiger partial charge in [-0.05, 0) is 29.3 Å². The molecule has 0 fully saturated rings. The van der Waals surface area contributed by atoms with E-state index in [2.05, 4.69) is 49.7 Å². The van der Waals surface area contributed by atoms with Gasteiger partial charge in [0.05, 0.1) is 6.54 Å². The van der Waals surface area contributed by atoms with Gasteiger partial charge in [0.15, 0.2) is 5.82 Å². The van der Waals surface area contributed by atoms with Crippen LogP contribution in [0, 0.1) is 6.92 Å². The van der Waals surface area contributed by atoms with Gasteiger partial charge in [-0.1, -0.05) is 42.5 Å². The van der Waals surface area contributed by atoms with Crippen molar-refractivity contribution in [3.63, 3.8) is 0 Å². The average Bonchev–Trinajstić information content (AvgIpc) is 3.37. The number of fused-ring (bicyclic) bond motifs is 2. The summed E-state index contributed by atoms with van der Waals surface area (Å²) in [5, 5.41) is 13.8. The van der Waals surface area contributed by atoms with E-state index in [9.17, 15) is 4.79 Å². The van der Waals surface area contributed by atoms with Gasteiger partial charge in [-0.15, -0.1) is 0 Å². The Morgan fingerprint density at radius 3 is 2.90 bits per heavy atom. The van der Waals surface area contributed by atoms with Crippen molar-refractivity contribution in [3.05, 3.63) is 84.1 Å². The number of nitrogens with zero attached hydrogens (tertiary/aromatic N) is 6. The topological polar surface area (TPSA) is 90.0 Å². The first-order valence-corrected chi connectivity index (χ1v) is 9.16. The number of rotatable bonds is 4. The van der Waals surface area contributed by atoms with Gasteiger partial charge in [-0.3, -0.25) is 9.48 Å². The molecule has 0 unspecified atom stereocenters. The molecule has 0 bridgehead atoms. The number of aryl methyl sites for hydroxylation is 1. The van der Waals surface area contributed by atoms with E-state index in [4.69, 9.17) is 0 Å². The second kappa shape index (κ2) is 6.83. The second-order valence-electron chi connectivity index (χ2n) is 6.75. The number of anilines is 1. The monoisotopic (exact) mass is 383 g/mol. The van der Waals surface area contributed by atoms with Crippen LogP contribution in [0.5, 0.6) is 0 Å². The summed E-state index contributed by atoms with van der Waals surface area (Å²) in [5.74, 6) is 0.538. The molecule has 0 radical (unpaired) electrons. The van der Waals surface area contributed by atoms with Crippen LogP contribution in [0.2, 0.25) is 0 Å². The second-order valence-corrected chi connectivity index (χ2v) is 6.75. The van der Waals surface area contributed by atoms with Crippen LogP contribution >= 0.6 is 0 Å². The van der Waals surface area contributed by atoms with Gasteiger partial charge < -0.3 is 5.32 Å². The van der Waals surface area contributed by atoms with E-state index in [1.807, 2.05) is 31.3 Å². The predicted molar refractivity (Wildman–Crippen MR) is 109 cm³/mol. The molecule has 0 atom stereocenters. The summed E-state index contributed by atoms with van der Waals surface area (Å²) < 4.78 is 3.22. The van der Waals surface area contributed by atoms with Crippen LogP contribution in [0.25, 0.3) is 16.6 Å². The molecule has 0 aliphatic carbocycles. The molecule has 8 nitrogen and oxygen atoms in total. The Kier molecular flexibility index (Phi) is 4.02. The highest BCUT2D eigenvalue weighted by Crippen LogP contribution is 2.19. The van der Waals surface area contributed by atoms with E-state index in [1.165, 1.54) is 21.6 Å². The van der Waals surface area contributed by atoms with Gasteiger partial charge in [0.1, 0.15) is 12.0 Å². The number of carbonyl (C=O) groups excluding carboxylic acids is 1. The molecule has 1 amide bonds. The van der Waals surface area contributed by atoms with Crippen LogP contribution in [0.1, 0.15) is 21.7 Å². The van der Waals surface area contributed by atoms with Gasteiger partial charge >= 0.3 is 0 Å². The molecule has 0 spiro atoms. The maximum absolute atomic E-state index is 12.7. The first-order valence-electron chi connectivity index (χ1n) is 9.16. The molecule has 3 heterocycles. The number of benzene rings is 2. The lowest BCUT2D eigenvalue weighted by Gasteiger charge is -2.07. The fraction of sp³-hybridized carbons (Fsp3) is 0.0952. The van der Waals surface area contributed by atoms with Crippen molar-refractivity contribution in [2.45, 2.75) is 13.5 Å². The zero-order valence-corrected chi connectivity index (χ0v) is 15.6. The quantitative estimate of drug-likeness (QED) is 0.515. The lowest BCUT2D eigenvalue weighted by Crippen LogP contribution is -2.18. The van der Waals surface area contributed by atoms with E-state index in [0.29, 0.717) is 29.5 Å². The minimum absolute atomic E-state index is 0.318. The fourth-order valence-electron chi connectivity index (χ4n) is 3.39. The highest BCUT2D eigenvalue weighted by molar-refractivity contribution is 6.02. The zero-order chi connectivity index (χ0) is 19.8. The number of amides is 1. The van der Waals surface area contributed by atoms with Gasteiger partial charge in [-0.2, -0.15) is 19.7 Å². The molecular weight excluding hydrogens is 366 g/mol. The Balaban J connectivity index is 1.39. The minimum Gasteiger partial charge on any atom is -0.304 e. The molecule has 0 saturated heterocycles. The summed E-state index contributed by atoms with van der Waals surface area (Å²) in [6, 6.07) is 17.9. The normalized spacial score (nSPS) is 11.2. The molecule has 8 heteroatoms. The van der Waals surface area contributed by atoms with E-state index >= 15 is 0 Å². The molecule has 1 N–H and O–H groups in total. The van der Waals surface area contributed by atoms with E-state index in [-0.39, 0.29) is 5.91 Å². The summed E-state index contributed by atoms with van der Waals surface area (Å²) in [4.78, 5) is 21.0. The van der Waals surface area contributed by atoms with Gasteiger partial charge in [0.2, 0.25) is 0 Å². The van der Waals surface area contributed by atoms with Crippen LogP contribution in [0.4, 0.5) is 5.82 Å². The van der Waals surface area contributed by atoms with Crippen molar-refractivity contribution < 1.29 is 4.79 Å². The van der Waals surface area contributed by atoms with E-state index in [1.54, 1.807) is 16.8 Å². The SMILES string of the molecule is Cc1cc(C(=O)Nc2ccn(Cc3cccc4ccccc34)n2)n2ncnc2n1. The van der Waals surface area contributed by atoms with Gasteiger partial charge in [0.25, 0.3) is 11.7 Å². The predicted octanol–water partition coefficient (Wildman–Crippen LogP) is 3.08. The summed E-state index contributed by atoms with van der Waals surface area (Å²) in [6.07, 6.45) is 3.22. The number of carbonyl (C=O) groups is 1. The van der Waals surface area contributed by atoms with Crippen LogP contribution in [-0.4, -0.2) is 35.3 Å². The smallest absolute Gasteiger partial charge is 0.275 e. The van der Waals surface area contributed by atoms with Gasteiger partial charge in [0, 0.05) is 18.0 Å². The Labute approximate surface area is 165 Å². The maximum Gasteiger partial charge on any atom is 0.275 e. The van der Waals surface area contributed by atoms with Crippen molar-refractivity contribution >= 4 is 28.3 Å². The molecule has 0 aliphatic rings. The van der Waals surface area contributed by atoms with Crippen LogP contribution in [-0.2, 0) is 6.54 Å². The van der Waals surface area contributed by atoms with Crippen LogP contribution in [0.15, 0.2) is 67.1 Å². The van der Waals surface area contributed by atoms with Gasteiger partial charge in [-0.25, -0.2) is 4.98 Å². The summed E-state index contributed by atoms with van der Waals surface area (Å²) >= 11 is 0. The third kappa shape index (κ3) is 3.20. The van der Waals surface area contributed by atoms with Crippen molar-refractivity contribution in [2.75, 3.05) is 5.32 Å². The van der Waals surface area contributed by atoms with E-state index in [0.717, 1.165) is 5.56 Å². The first-order chi connectivity index (χ1) is 14.2. The number of hydrogen-bond donors (Lipinski definition) is 1. The third-order valence-electron chi connectivity index (χ3n) is 4.71. The average molecular weight is 383 g/mol. The largest absolute Gasteiger partial charge is 0.304 e. The number of aromatic nitrogens is 6. The Morgan fingerprint density at radius 1 is 1.10 bits per heavy atom. The molecule has 5 aromatic rings. The van der Waals surface area contributed by atoms with Crippen molar-refractivity contribution in [1.29, 1.82) is 0 Å².